The van der Waals surface area contributed by atoms with Gasteiger partial charge in [-0.25, -0.2) is 0 Å². The van der Waals surface area contributed by atoms with E-state index in [0.717, 1.165) is 5.92 Å². The molecule has 0 nitrogen and oxygen atoms in total. The second kappa shape index (κ2) is 6.59. The predicted octanol–water partition coefficient (Wildman–Crippen LogP) is 6.04. The van der Waals surface area contributed by atoms with Gasteiger partial charge in [-0.1, -0.05) is 82.6 Å². The van der Waals surface area contributed by atoms with Gasteiger partial charge in [-0.15, -0.1) is 0 Å². The number of rotatable bonds is 9. The Hall–Kier alpha value is -0.520. The van der Waals surface area contributed by atoms with Gasteiger partial charge < -0.3 is 0 Å². The molecule has 18 heavy (non-hydrogen) atoms. The minimum absolute atomic E-state index is 0.437. The van der Waals surface area contributed by atoms with Gasteiger partial charge in [-0.3, -0.25) is 0 Å². The molecular weight excluding hydrogens is 216 g/mol. The molecule has 2 aliphatic rings. The molecule has 2 unspecified atom stereocenters. The fourth-order valence-electron chi connectivity index (χ4n) is 3.78. The molecule has 2 aliphatic carbocycles. The first-order valence-electron chi connectivity index (χ1n) is 8.14. The van der Waals surface area contributed by atoms with Crippen LogP contribution in [0.3, 0.4) is 0 Å². The maximum absolute atomic E-state index is 4.31. The minimum atomic E-state index is 0.437. The first-order chi connectivity index (χ1) is 8.77. The number of hydrogen-bond donors (Lipinski definition) is 0. The third kappa shape index (κ3) is 3.28. The highest BCUT2D eigenvalue weighted by Gasteiger charge is 2.42. The molecule has 2 atom stereocenters. The van der Waals surface area contributed by atoms with Crippen molar-refractivity contribution in [1.29, 1.82) is 0 Å². The first kappa shape index (κ1) is 13.9. The Balaban J connectivity index is 1.54. The van der Waals surface area contributed by atoms with E-state index in [-0.39, 0.29) is 0 Å². The van der Waals surface area contributed by atoms with Gasteiger partial charge >= 0.3 is 0 Å². The number of unbranched alkanes of at least 4 members (excludes halogenated alkanes) is 7. The Kier molecular flexibility index (Phi) is 5.09. The van der Waals surface area contributed by atoms with Crippen LogP contribution in [0, 0.1) is 11.3 Å². The van der Waals surface area contributed by atoms with Crippen LogP contribution in [0.5, 0.6) is 0 Å². The molecule has 0 N–H and O–H groups in total. The zero-order chi connectivity index (χ0) is 12.8. The normalized spacial score (nSPS) is 29.4. The molecule has 1 fully saturated rings. The molecule has 0 heteroatoms. The molecular formula is C18H30. The second-order valence-electron chi connectivity index (χ2n) is 6.51. The molecule has 0 saturated heterocycles. The van der Waals surface area contributed by atoms with Gasteiger partial charge in [0.25, 0.3) is 0 Å². The minimum Gasteiger partial charge on any atom is -0.0990 e. The SMILES string of the molecule is C=C1CC2C=CC1(CCCCCCCCCC)C2. The Bertz CT molecular complexity index is 299. The lowest BCUT2D eigenvalue weighted by molar-refractivity contribution is 0.409. The summed E-state index contributed by atoms with van der Waals surface area (Å²) in [5.74, 6) is 0.839. The van der Waals surface area contributed by atoms with Gasteiger partial charge in [-0.2, -0.15) is 0 Å². The summed E-state index contributed by atoms with van der Waals surface area (Å²) < 4.78 is 0. The molecule has 1 saturated carbocycles. The monoisotopic (exact) mass is 246 g/mol. The summed E-state index contributed by atoms with van der Waals surface area (Å²) in [6, 6.07) is 0. The van der Waals surface area contributed by atoms with E-state index in [0.29, 0.717) is 5.41 Å². The lowest BCUT2D eigenvalue weighted by Gasteiger charge is -2.25. The van der Waals surface area contributed by atoms with E-state index in [1.165, 1.54) is 76.2 Å². The molecule has 0 amide bonds. The fourth-order valence-corrected chi connectivity index (χ4v) is 3.78. The van der Waals surface area contributed by atoms with Crippen molar-refractivity contribution in [2.75, 3.05) is 0 Å². The summed E-state index contributed by atoms with van der Waals surface area (Å²) in [6.07, 6.45) is 20.4. The van der Waals surface area contributed by atoms with Crippen LogP contribution in [0.15, 0.2) is 24.3 Å². The highest BCUT2D eigenvalue weighted by molar-refractivity contribution is 5.32. The van der Waals surface area contributed by atoms with Gasteiger partial charge in [0.05, 0.1) is 0 Å². The molecule has 0 aromatic rings. The van der Waals surface area contributed by atoms with Crippen LogP contribution in [0.1, 0.15) is 77.6 Å². The average Bonchev–Trinajstić information content (AvgIpc) is 2.90. The van der Waals surface area contributed by atoms with Crippen molar-refractivity contribution in [2.45, 2.75) is 77.6 Å². The third-order valence-electron chi connectivity index (χ3n) is 5.00. The van der Waals surface area contributed by atoms with Gasteiger partial charge in [0.1, 0.15) is 0 Å². The molecule has 102 valence electrons. The van der Waals surface area contributed by atoms with Crippen molar-refractivity contribution >= 4 is 0 Å². The van der Waals surface area contributed by atoms with E-state index in [4.69, 9.17) is 0 Å². The summed E-state index contributed by atoms with van der Waals surface area (Å²) in [7, 11) is 0. The zero-order valence-electron chi connectivity index (χ0n) is 12.2. The molecule has 2 rings (SSSR count). The topological polar surface area (TPSA) is 0 Å². The number of fused-ring (bicyclic) bond motifs is 2. The summed E-state index contributed by atoms with van der Waals surface area (Å²) in [4.78, 5) is 0. The van der Waals surface area contributed by atoms with Crippen LogP contribution in [-0.2, 0) is 0 Å². The van der Waals surface area contributed by atoms with E-state index in [1.807, 2.05) is 0 Å². The highest BCUT2D eigenvalue weighted by Crippen LogP contribution is 2.54. The molecule has 2 bridgehead atoms. The van der Waals surface area contributed by atoms with Crippen LogP contribution in [-0.4, -0.2) is 0 Å². The molecule has 0 aliphatic heterocycles. The standard InChI is InChI=1S/C18H30/c1-3-4-5-6-7-8-9-10-12-18-13-11-17(15-18)14-16(18)2/h11,13,17H,2-10,12,14-15H2,1H3. The summed E-state index contributed by atoms with van der Waals surface area (Å²) in [5.41, 5.74) is 1.96. The Morgan fingerprint density at radius 1 is 1.11 bits per heavy atom. The Labute approximate surface area is 114 Å². The van der Waals surface area contributed by atoms with Crippen LogP contribution in [0.2, 0.25) is 0 Å². The van der Waals surface area contributed by atoms with Gasteiger partial charge in [0.15, 0.2) is 0 Å². The van der Waals surface area contributed by atoms with E-state index >= 15 is 0 Å². The van der Waals surface area contributed by atoms with Crippen LogP contribution < -0.4 is 0 Å². The number of hydrogen-bond acceptors (Lipinski definition) is 0. The maximum Gasteiger partial charge on any atom is 0.00940 e. The van der Waals surface area contributed by atoms with Crippen molar-refractivity contribution in [3.05, 3.63) is 24.3 Å². The van der Waals surface area contributed by atoms with Gasteiger partial charge in [0.2, 0.25) is 0 Å². The molecule has 0 spiro atoms. The summed E-state index contributed by atoms with van der Waals surface area (Å²) in [6.45, 7) is 6.59. The lowest BCUT2D eigenvalue weighted by Crippen LogP contribution is -2.13. The van der Waals surface area contributed by atoms with E-state index in [9.17, 15) is 0 Å². The molecule has 0 aromatic carbocycles. The summed E-state index contributed by atoms with van der Waals surface area (Å²) in [5, 5.41) is 0. The van der Waals surface area contributed by atoms with Crippen molar-refractivity contribution in [3.8, 4) is 0 Å². The fraction of sp³-hybridized carbons (Fsp3) is 0.778. The quantitative estimate of drug-likeness (QED) is 0.344. The smallest absolute Gasteiger partial charge is 0.00940 e. The van der Waals surface area contributed by atoms with E-state index in [1.54, 1.807) is 0 Å². The van der Waals surface area contributed by atoms with Crippen LogP contribution >= 0.6 is 0 Å². The predicted molar refractivity (Wildman–Crippen MR) is 80.7 cm³/mol. The summed E-state index contributed by atoms with van der Waals surface area (Å²) >= 11 is 0. The number of allylic oxidation sites excluding steroid dienone is 3. The molecule has 0 aromatic heterocycles. The highest BCUT2D eigenvalue weighted by atomic mass is 14.5. The Morgan fingerprint density at radius 3 is 2.33 bits per heavy atom. The average molecular weight is 246 g/mol. The van der Waals surface area contributed by atoms with Crippen molar-refractivity contribution in [2.24, 2.45) is 11.3 Å². The molecule has 0 heterocycles. The van der Waals surface area contributed by atoms with Gasteiger partial charge in [0, 0.05) is 5.41 Å². The molecule has 0 radical (unpaired) electrons. The van der Waals surface area contributed by atoms with Crippen LogP contribution in [0.25, 0.3) is 0 Å². The van der Waals surface area contributed by atoms with Crippen molar-refractivity contribution in [1.82, 2.24) is 0 Å². The third-order valence-corrected chi connectivity index (χ3v) is 5.00. The largest absolute Gasteiger partial charge is 0.0990 e. The maximum atomic E-state index is 4.31. The Morgan fingerprint density at radius 2 is 1.78 bits per heavy atom. The lowest BCUT2D eigenvalue weighted by atomic mass is 9.79. The van der Waals surface area contributed by atoms with E-state index < -0.39 is 0 Å². The zero-order valence-corrected chi connectivity index (χ0v) is 12.2. The van der Waals surface area contributed by atoms with Gasteiger partial charge in [-0.05, 0) is 25.2 Å². The van der Waals surface area contributed by atoms with E-state index in [2.05, 4.69) is 25.7 Å². The first-order valence-corrected chi connectivity index (χ1v) is 8.14. The van der Waals surface area contributed by atoms with Crippen molar-refractivity contribution in [3.63, 3.8) is 0 Å². The van der Waals surface area contributed by atoms with Crippen molar-refractivity contribution < 1.29 is 0 Å². The second-order valence-corrected chi connectivity index (χ2v) is 6.51. The van der Waals surface area contributed by atoms with Crippen LogP contribution in [0.4, 0.5) is 0 Å².